The molecule has 1 amide bonds. The van der Waals surface area contributed by atoms with Crippen molar-refractivity contribution in [2.45, 2.75) is 79.1 Å². The topological polar surface area (TPSA) is 106 Å². The molecule has 4 aliphatic rings. The van der Waals surface area contributed by atoms with Gasteiger partial charge in [-0.2, -0.15) is 0 Å². The van der Waals surface area contributed by atoms with Crippen molar-refractivity contribution in [2.75, 3.05) is 0 Å². The summed E-state index contributed by atoms with van der Waals surface area (Å²) >= 11 is 0. The molecule has 6 nitrogen and oxygen atoms in total. The molecule has 166 valence electrons. The standard InChI is InChI=1S/C24H36N2O4/c1-22(2,21(25)28)13-14-5-7-16-15-6-8-18-20(26(29)30)19(27)10-12-24(18,4)17(15)9-11-23(14,16)3/h8,14-17,27H,5-7,9-13H2,1-4H3,(H2,25,28)/t14-,15+,16+,17+,23-,24-/m1/s1. The predicted molar refractivity (Wildman–Crippen MR) is 115 cm³/mol. The first kappa shape index (κ1) is 21.4. The smallest absolute Gasteiger partial charge is 0.309 e. The van der Waals surface area contributed by atoms with Crippen LogP contribution in [0.1, 0.15) is 79.1 Å². The number of nitrogens with two attached hydrogens (primary N) is 1. The maximum atomic E-state index is 11.9. The van der Waals surface area contributed by atoms with Crippen LogP contribution < -0.4 is 5.73 Å². The fraction of sp³-hybridized carbons (Fsp3) is 0.792. The van der Waals surface area contributed by atoms with Gasteiger partial charge < -0.3 is 10.8 Å². The van der Waals surface area contributed by atoms with E-state index in [-0.39, 0.29) is 33.1 Å². The molecule has 0 saturated heterocycles. The Morgan fingerprint density at radius 3 is 2.60 bits per heavy atom. The number of hydrogen-bond donors (Lipinski definition) is 2. The van der Waals surface area contributed by atoms with E-state index >= 15 is 0 Å². The first-order chi connectivity index (χ1) is 13.9. The molecule has 4 rings (SSSR count). The number of aliphatic hydroxyl groups is 1. The number of nitro groups is 1. The molecule has 0 bridgehead atoms. The summed E-state index contributed by atoms with van der Waals surface area (Å²) in [7, 11) is 0. The highest BCUT2D eigenvalue weighted by atomic mass is 16.6. The molecular formula is C24H36N2O4. The highest BCUT2D eigenvalue weighted by Gasteiger charge is 2.60. The third kappa shape index (κ3) is 2.93. The number of carbonyl (C=O) groups is 1. The number of hydrogen-bond acceptors (Lipinski definition) is 4. The fourth-order valence-corrected chi connectivity index (χ4v) is 7.80. The summed E-state index contributed by atoms with van der Waals surface area (Å²) in [5.41, 5.74) is 5.89. The molecule has 0 spiro atoms. The van der Waals surface area contributed by atoms with Gasteiger partial charge in [0.25, 0.3) is 0 Å². The number of nitrogens with zero attached hydrogens (tertiary/aromatic N) is 1. The van der Waals surface area contributed by atoms with Crippen molar-refractivity contribution in [3.8, 4) is 0 Å². The van der Waals surface area contributed by atoms with Crippen LogP contribution in [-0.2, 0) is 4.79 Å². The number of allylic oxidation sites excluding steroid dienone is 3. The van der Waals surface area contributed by atoms with Gasteiger partial charge in [0.2, 0.25) is 5.91 Å². The Hall–Kier alpha value is -1.85. The molecule has 2 saturated carbocycles. The minimum atomic E-state index is -0.489. The van der Waals surface area contributed by atoms with Crippen molar-refractivity contribution in [3.63, 3.8) is 0 Å². The van der Waals surface area contributed by atoms with E-state index < -0.39 is 5.41 Å². The van der Waals surface area contributed by atoms with Crippen molar-refractivity contribution >= 4 is 5.91 Å². The number of rotatable bonds is 4. The van der Waals surface area contributed by atoms with Crippen LogP contribution in [0.3, 0.4) is 0 Å². The van der Waals surface area contributed by atoms with Crippen molar-refractivity contribution in [1.82, 2.24) is 0 Å². The Bertz CT molecular complexity index is 844. The molecule has 3 N–H and O–H groups in total. The predicted octanol–water partition coefficient (Wildman–Crippen LogP) is 5.12. The van der Waals surface area contributed by atoms with E-state index in [1.54, 1.807) is 0 Å². The van der Waals surface area contributed by atoms with Crippen molar-refractivity contribution in [1.29, 1.82) is 0 Å². The summed E-state index contributed by atoms with van der Waals surface area (Å²) in [6.07, 6.45) is 9.40. The molecular weight excluding hydrogens is 380 g/mol. The molecule has 6 heteroatoms. The summed E-state index contributed by atoms with van der Waals surface area (Å²) in [6.45, 7) is 8.54. The van der Waals surface area contributed by atoms with Crippen LogP contribution in [0.5, 0.6) is 0 Å². The Labute approximate surface area is 179 Å². The van der Waals surface area contributed by atoms with Crippen LogP contribution in [0.2, 0.25) is 0 Å². The molecule has 0 aromatic rings. The number of primary amides is 1. The van der Waals surface area contributed by atoms with E-state index in [4.69, 9.17) is 5.73 Å². The minimum absolute atomic E-state index is 0.0389. The van der Waals surface area contributed by atoms with Crippen molar-refractivity contribution in [2.24, 2.45) is 45.7 Å². The Morgan fingerprint density at radius 2 is 1.97 bits per heavy atom. The van der Waals surface area contributed by atoms with Gasteiger partial charge >= 0.3 is 5.70 Å². The second kappa shape index (κ2) is 6.83. The van der Waals surface area contributed by atoms with E-state index in [0.29, 0.717) is 30.1 Å². The maximum absolute atomic E-state index is 11.9. The molecule has 0 aromatic heterocycles. The van der Waals surface area contributed by atoms with Crippen LogP contribution in [0.4, 0.5) is 0 Å². The summed E-state index contributed by atoms with van der Waals surface area (Å²) < 4.78 is 0. The van der Waals surface area contributed by atoms with Gasteiger partial charge in [-0.3, -0.25) is 14.9 Å². The molecule has 0 unspecified atom stereocenters. The third-order valence-electron chi connectivity index (χ3n) is 9.68. The lowest BCUT2D eigenvalue weighted by Gasteiger charge is -2.57. The van der Waals surface area contributed by atoms with Gasteiger partial charge in [-0.05, 0) is 74.0 Å². The normalized spacial score (nSPS) is 40.9. The third-order valence-corrected chi connectivity index (χ3v) is 9.68. The zero-order valence-corrected chi connectivity index (χ0v) is 18.7. The minimum Gasteiger partial charge on any atom is -0.506 e. The van der Waals surface area contributed by atoms with E-state index in [0.717, 1.165) is 44.1 Å². The second-order valence-corrected chi connectivity index (χ2v) is 11.5. The maximum Gasteiger partial charge on any atom is 0.309 e. The van der Waals surface area contributed by atoms with E-state index in [2.05, 4.69) is 19.9 Å². The first-order valence-electron chi connectivity index (χ1n) is 11.5. The van der Waals surface area contributed by atoms with Crippen LogP contribution in [-0.4, -0.2) is 15.9 Å². The molecule has 0 aliphatic heterocycles. The average Bonchev–Trinajstić information content (AvgIpc) is 2.97. The van der Waals surface area contributed by atoms with E-state index in [9.17, 15) is 20.0 Å². The summed E-state index contributed by atoms with van der Waals surface area (Å²) in [5.74, 6) is 1.74. The first-order valence-corrected chi connectivity index (χ1v) is 11.5. The molecule has 0 heterocycles. The Balaban J connectivity index is 1.64. The zero-order valence-electron chi connectivity index (χ0n) is 18.7. The van der Waals surface area contributed by atoms with Gasteiger partial charge in [0.1, 0.15) is 0 Å². The molecule has 0 aromatic carbocycles. The lowest BCUT2D eigenvalue weighted by atomic mass is 9.47. The lowest BCUT2D eigenvalue weighted by Crippen LogP contribution is -2.50. The number of carbonyl (C=O) groups excluding carboxylic acids is 1. The molecule has 6 atom stereocenters. The highest BCUT2D eigenvalue weighted by Crippen LogP contribution is 2.67. The quantitative estimate of drug-likeness (QED) is 0.490. The molecule has 0 radical (unpaired) electrons. The van der Waals surface area contributed by atoms with E-state index in [1.807, 2.05) is 13.8 Å². The largest absolute Gasteiger partial charge is 0.506 e. The average molecular weight is 417 g/mol. The van der Waals surface area contributed by atoms with Gasteiger partial charge in [0, 0.05) is 22.8 Å². The Morgan fingerprint density at radius 1 is 1.27 bits per heavy atom. The molecule has 30 heavy (non-hydrogen) atoms. The summed E-state index contributed by atoms with van der Waals surface area (Å²) in [5, 5.41) is 21.9. The monoisotopic (exact) mass is 416 g/mol. The van der Waals surface area contributed by atoms with Crippen LogP contribution in [0, 0.1) is 50.0 Å². The van der Waals surface area contributed by atoms with Gasteiger partial charge in [-0.15, -0.1) is 0 Å². The molecule has 2 fully saturated rings. The highest BCUT2D eigenvalue weighted by molar-refractivity contribution is 5.79. The van der Waals surface area contributed by atoms with Gasteiger partial charge in [0.15, 0.2) is 5.76 Å². The second-order valence-electron chi connectivity index (χ2n) is 11.5. The SMILES string of the molecule is CC(C)(C[C@H]1CC[C@H]2[C@@H]3CC=C4C([N+](=O)[O-])=C(O)CC[C@]4(C)[C@H]3CC[C@]12C)C(N)=O. The summed E-state index contributed by atoms with van der Waals surface area (Å²) in [6, 6.07) is 0. The van der Waals surface area contributed by atoms with Gasteiger partial charge in [-0.25, -0.2) is 0 Å². The van der Waals surface area contributed by atoms with Gasteiger partial charge in [-0.1, -0.05) is 33.8 Å². The summed E-state index contributed by atoms with van der Waals surface area (Å²) in [4.78, 5) is 23.3. The van der Waals surface area contributed by atoms with Crippen molar-refractivity contribution in [3.05, 3.63) is 33.2 Å². The Kier molecular flexibility index (Phi) is 4.87. The number of aliphatic hydroxyl groups excluding tert-OH is 1. The van der Waals surface area contributed by atoms with Crippen LogP contribution >= 0.6 is 0 Å². The lowest BCUT2D eigenvalue weighted by molar-refractivity contribution is -0.426. The fourth-order valence-electron chi connectivity index (χ4n) is 7.80. The zero-order chi connectivity index (χ0) is 22.1. The van der Waals surface area contributed by atoms with Gasteiger partial charge in [0.05, 0.1) is 4.92 Å². The van der Waals surface area contributed by atoms with Crippen molar-refractivity contribution < 1.29 is 14.8 Å². The number of fused-ring (bicyclic) bond motifs is 5. The number of amides is 1. The van der Waals surface area contributed by atoms with Crippen LogP contribution in [0.25, 0.3) is 0 Å². The molecule has 4 aliphatic carbocycles. The van der Waals surface area contributed by atoms with E-state index in [1.165, 1.54) is 6.42 Å². The van der Waals surface area contributed by atoms with Crippen LogP contribution in [0.15, 0.2) is 23.1 Å².